The first-order valence-corrected chi connectivity index (χ1v) is 18.9. The van der Waals surface area contributed by atoms with Gasteiger partial charge in [0.05, 0.1) is 41.0 Å². The van der Waals surface area contributed by atoms with Gasteiger partial charge in [-0.2, -0.15) is 5.01 Å². The number of halogens is 5. The summed E-state index contributed by atoms with van der Waals surface area (Å²) in [5, 5.41) is 21.7. The summed E-state index contributed by atoms with van der Waals surface area (Å²) in [6.07, 6.45) is -2.42. The van der Waals surface area contributed by atoms with Gasteiger partial charge in [-0.3, -0.25) is 34.3 Å². The number of unbranched alkanes of at least 4 members (excludes halogenated alkanes) is 2. The Bertz CT molecular complexity index is 2180. The van der Waals surface area contributed by atoms with Crippen LogP contribution < -0.4 is 14.9 Å². The number of phenols is 1. The molecule has 2 aliphatic heterocycles. The van der Waals surface area contributed by atoms with Crippen molar-refractivity contribution < 1.29 is 56.8 Å². The van der Waals surface area contributed by atoms with Gasteiger partial charge in [0.1, 0.15) is 17.2 Å². The lowest BCUT2D eigenvalue weighted by Crippen LogP contribution is -2.53. The average molecular weight is 831 g/mol. The van der Waals surface area contributed by atoms with E-state index in [1.54, 1.807) is 30.3 Å². The number of nitrogens with one attached hydrogen (secondary N) is 1. The van der Waals surface area contributed by atoms with E-state index in [4.69, 9.17) is 33.0 Å². The number of nitrogens with zero attached hydrogens (tertiary/aromatic N) is 2. The Hall–Kier alpha value is -5.28. The van der Waals surface area contributed by atoms with Crippen LogP contribution in [0.25, 0.3) is 0 Å². The molecule has 0 radical (unpaired) electrons. The number of allylic oxidation sites excluding steroid dienone is 2. The number of fused-ring (bicyclic) bond motifs is 4. The van der Waals surface area contributed by atoms with E-state index in [1.807, 2.05) is 0 Å². The zero-order chi connectivity index (χ0) is 41.0. The summed E-state index contributed by atoms with van der Waals surface area (Å²) in [5.41, 5.74) is 1.50. The van der Waals surface area contributed by atoms with Crippen molar-refractivity contribution in [3.63, 3.8) is 0 Å². The number of hydrazine groups is 1. The van der Waals surface area contributed by atoms with Crippen LogP contribution in [0.1, 0.15) is 55.6 Å². The lowest BCUT2D eigenvalue weighted by atomic mass is 9.49. The Morgan fingerprint density at radius 2 is 1.65 bits per heavy atom. The Morgan fingerprint density at radius 3 is 2.32 bits per heavy atom. The number of hydrogen-bond acceptors (Lipinski definition) is 9. The molecule has 2 saturated heterocycles. The van der Waals surface area contributed by atoms with E-state index in [1.165, 1.54) is 25.3 Å². The molecule has 17 heteroatoms. The van der Waals surface area contributed by atoms with Crippen LogP contribution in [0.4, 0.5) is 18.9 Å². The fourth-order valence-corrected chi connectivity index (χ4v) is 9.61. The molecule has 6 atom stereocenters. The summed E-state index contributed by atoms with van der Waals surface area (Å²) in [6, 6.07) is 13.5. The second-order valence-electron chi connectivity index (χ2n) is 14.5. The highest BCUT2D eigenvalue weighted by Gasteiger charge is 2.70. The largest absolute Gasteiger partial charge is 0.573 e. The van der Waals surface area contributed by atoms with Gasteiger partial charge in [-0.25, -0.2) is 0 Å². The molecular weight excluding hydrogens is 794 g/mol. The monoisotopic (exact) mass is 829 g/mol. The predicted octanol–water partition coefficient (Wildman–Crippen LogP) is 7.24. The topological polar surface area (TPSA) is 163 Å². The van der Waals surface area contributed by atoms with E-state index in [2.05, 4.69) is 10.2 Å². The van der Waals surface area contributed by atoms with Gasteiger partial charge in [0.15, 0.2) is 0 Å². The number of rotatable bonds is 12. The van der Waals surface area contributed by atoms with Crippen molar-refractivity contribution in [3.8, 4) is 17.2 Å². The minimum Gasteiger partial charge on any atom is -0.508 e. The zero-order valence-corrected chi connectivity index (χ0v) is 31.7. The summed E-state index contributed by atoms with van der Waals surface area (Å²) in [5.74, 6) is -9.65. The molecule has 12 nitrogen and oxygen atoms in total. The predicted molar refractivity (Wildman–Crippen MR) is 198 cm³/mol. The molecule has 4 aliphatic rings. The van der Waals surface area contributed by atoms with Crippen molar-refractivity contribution in [3.05, 3.63) is 93.5 Å². The van der Waals surface area contributed by atoms with Gasteiger partial charge in [0, 0.05) is 29.5 Å². The number of methoxy groups -OCH3 is 1. The highest BCUT2D eigenvalue weighted by atomic mass is 35.5. The maximum Gasteiger partial charge on any atom is 0.573 e. The van der Waals surface area contributed by atoms with E-state index in [-0.39, 0.29) is 52.7 Å². The van der Waals surface area contributed by atoms with E-state index in [0.29, 0.717) is 30.6 Å². The van der Waals surface area contributed by atoms with Crippen molar-refractivity contribution in [2.75, 3.05) is 19.1 Å². The number of likely N-dealkylation sites (tertiary alicyclic amines) is 1. The summed E-state index contributed by atoms with van der Waals surface area (Å²) >= 11 is 12.6. The van der Waals surface area contributed by atoms with Crippen molar-refractivity contribution >= 4 is 58.5 Å². The minimum atomic E-state index is -5.12. The SMILES string of the molecule is COc1ccc([C@@]23C(=O)N(Nc4ccc(Cl)cc4Cl)C(=O)[C@@H]2C[C@@H]2C(=CC[C@@H]4C(=O)N(CCCCCC(=O)O)C(=O)[C@@H]42)[C@@H]3c2cc(OC(F)(F)F)ccc2O)cc1. The van der Waals surface area contributed by atoms with Gasteiger partial charge in [0.25, 0.3) is 11.8 Å². The van der Waals surface area contributed by atoms with Gasteiger partial charge >= 0.3 is 12.3 Å². The van der Waals surface area contributed by atoms with Crippen LogP contribution >= 0.6 is 23.2 Å². The number of carbonyl (C=O) groups is 5. The number of carbonyl (C=O) groups excluding carboxylic acids is 4. The van der Waals surface area contributed by atoms with E-state index in [9.17, 15) is 37.5 Å². The molecule has 3 N–H and O–H groups in total. The summed E-state index contributed by atoms with van der Waals surface area (Å²) < 4.78 is 50.5. The lowest BCUT2D eigenvalue weighted by Gasteiger charge is -2.50. The Balaban J connectivity index is 1.40. The summed E-state index contributed by atoms with van der Waals surface area (Å²) in [7, 11) is 1.43. The summed E-state index contributed by atoms with van der Waals surface area (Å²) in [4.78, 5) is 70.5. The second kappa shape index (κ2) is 15.2. The second-order valence-corrected chi connectivity index (χ2v) is 15.4. The van der Waals surface area contributed by atoms with Crippen LogP contribution in [-0.4, -0.2) is 69.7 Å². The zero-order valence-electron chi connectivity index (χ0n) is 30.2. The van der Waals surface area contributed by atoms with Crippen LogP contribution in [0.3, 0.4) is 0 Å². The van der Waals surface area contributed by atoms with Crippen LogP contribution in [0, 0.1) is 23.7 Å². The Kier molecular flexibility index (Phi) is 10.7. The molecule has 0 spiro atoms. The molecule has 1 saturated carbocycles. The molecule has 0 bridgehead atoms. The third-order valence-corrected chi connectivity index (χ3v) is 12.0. The number of anilines is 1. The van der Waals surface area contributed by atoms with E-state index in [0.717, 1.165) is 28.1 Å². The van der Waals surface area contributed by atoms with E-state index < -0.39 is 82.5 Å². The average Bonchev–Trinajstić information content (AvgIpc) is 3.53. The quantitative estimate of drug-likeness (QED) is 0.0964. The third kappa shape index (κ3) is 7.05. The Morgan fingerprint density at radius 1 is 0.930 bits per heavy atom. The molecule has 0 unspecified atom stereocenters. The van der Waals surface area contributed by atoms with Crippen molar-refractivity contribution in [2.45, 2.75) is 56.2 Å². The first kappa shape index (κ1) is 39.9. The van der Waals surface area contributed by atoms with Crippen molar-refractivity contribution in [1.29, 1.82) is 0 Å². The van der Waals surface area contributed by atoms with Gasteiger partial charge < -0.3 is 19.7 Å². The van der Waals surface area contributed by atoms with Crippen molar-refractivity contribution in [1.82, 2.24) is 9.91 Å². The number of hydrogen-bond donors (Lipinski definition) is 3. The summed E-state index contributed by atoms with van der Waals surface area (Å²) in [6.45, 7) is 0.0452. The number of carboxylic acids is 1. The molecule has 0 aromatic heterocycles. The molecule has 3 fully saturated rings. The molecule has 57 heavy (non-hydrogen) atoms. The first-order valence-electron chi connectivity index (χ1n) is 18.2. The number of benzene rings is 3. The lowest BCUT2D eigenvalue weighted by molar-refractivity contribution is -0.274. The van der Waals surface area contributed by atoms with Crippen LogP contribution in [-0.2, 0) is 29.4 Å². The first-order chi connectivity index (χ1) is 27.1. The highest BCUT2D eigenvalue weighted by Crippen LogP contribution is 2.65. The molecule has 2 aliphatic carbocycles. The number of carboxylic acid groups (broad SMARTS) is 1. The number of imide groups is 2. The molecule has 4 amide bonds. The smallest absolute Gasteiger partial charge is 0.508 e. The number of aliphatic carboxylic acids is 1. The fraction of sp³-hybridized carbons (Fsp3) is 0.375. The van der Waals surface area contributed by atoms with Gasteiger partial charge in [-0.15, -0.1) is 13.2 Å². The maximum absolute atomic E-state index is 15.4. The third-order valence-electron chi connectivity index (χ3n) is 11.5. The maximum atomic E-state index is 15.4. The van der Waals surface area contributed by atoms with Gasteiger partial charge in [0.2, 0.25) is 11.8 Å². The number of alkyl halides is 3. The van der Waals surface area contributed by atoms with Gasteiger partial charge in [-0.1, -0.05) is 53.4 Å². The molecule has 2 heterocycles. The van der Waals surface area contributed by atoms with Crippen LogP contribution in [0.2, 0.25) is 10.0 Å². The minimum absolute atomic E-state index is 0.0282. The Labute approximate surface area is 334 Å². The van der Waals surface area contributed by atoms with Crippen LogP contribution in [0.5, 0.6) is 17.2 Å². The molecule has 3 aromatic rings. The van der Waals surface area contributed by atoms with Gasteiger partial charge in [-0.05, 0) is 85.7 Å². The fourth-order valence-electron chi connectivity index (χ4n) is 9.16. The molecular formula is C40H36Cl2F3N3O9. The highest BCUT2D eigenvalue weighted by molar-refractivity contribution is 6.36. The van der Waals surface area contributed by atoms with Crippen LogP contribution in [0.15, 0.2) is 72.3 Å². The number of amides is 4. The molecule has 3 aromatic carbocycles. The molecule has 300 valence electrons. The van der Waals surface area contributed by atoms with E-state index >= 15 is 4.79 Å². The number of ether oxygens (including phenoxy) is 2. The number of phenolic OH excluding ortho intramolecular Hbond substituents is 1. The standard InChI is InChI=1S/C40H36Cl2F3N3O9/c1-56-22-9-6-20(7-10-22)39-28(36(53)48(38(39)55)46-30-14-8-21(41)17-29(30)42)19-26-24(34(39)27-18-23(11-15-31(27)49)57-40(43,44)45)12-13-25-33(26)37(54)47(35(25)52)16-4-2-3-5-32(50)51/h6-12,14-15,17-18,25-26,28,33-34,46,49H,2-5,13,16,19H2,1H3,(H,50,51)/t25-,26+,28-,33-,34+,39+/m0/s1. The number of aromatic hydroxyl groups is 1. The normalized spacial score (nSPS) is 25.5. The molecule has 7 rings (SSSR count). The van der Waals surface area contributed by atoms with Crippen molar-refractivity contribution in [2.24, 2.45) is 23.7 Å².